The molecule has 4 nitrogen and oxygen atoms in total. The fourth-order valence-corrected chi connectivity index (χ4v) is 3.35. The summed E-state index contributed by atoms with van der Waals surface area (Å²) in [5.41, 5.74) is -0.829. The number of halogens is 1. The predicted octanol–water partition coefficient (Wildman–Crippen LogP) is 1.82. The highest BCUT2D eigenvalue weighted by atomic mass is 32.2. The summed E-state index contributed by atoms with van der Waals surface area (Å²) in [6, 6.07) is 4.20. The molecule has 0 aliphatic carbocycles. The molecule has 1 aliphatic rings. The molecule has 1 atom stereocenters. The number of aliphatic carboxylic acids is 1. The molecule has 0 spiro atoms. The number of carbonyl (C=O) groups excluding carboxylic acids is 1. The Balaban J connectivity index is 2.25. The lowest BCUT2D eigenvalue weighted by Gasteiger charge is -2.25. The molecule has 0 bridgehead atoms. The van der Waals surface area contributed by atoms with Gasteiger partial charge in [-0.05, 0) is 36.8 Å². The summed E-state index contributed by atoms with van der Waals surface area (Å²) in [5, 5.41) is 11.8. The average Bonchev–Trinajstić information content (AvgIpc) is 2.82. The molecule has 0 radical (unpaired) electrons. The van der Waals surface area contributed by atoms with Crippen LogP contribution >= 0.6 is 11.8 Å². The van der Waals surface area contributed by atoms with E-state index in [4.69, 9.17) is 0 Å². The molecule has 1 heterocycles. The van der Waals surface area contributed by atoms with Gasteiger partial charge in [0.05, 0.1) is 0 Å². The van der Waals surface area contributed by atoms with Crippen molar-refractivity contribution in [1.82, 2.24) is 5.32 Å². The maximum atomic E-state index is 13.4. The molecule has 1 saturated heterocycles. The number of hydrogen-bond donors (Lipinski definition) is 2. The first-order valence-corrected chi connectivity index (χ1v) is 7.00. The number of carboxylic acid groups (broad SMARTS) is 1. The lowest BCUT2D eigenvalue weighted by atomic mass is 9.97. The fraction of sp³-hybridized carbons (Fsp3) is 0.385. The van der Waals surface area contributed by atoms with Crippen molar-refractivity contribution in [3.05, 3.63) is 35.1 Å². The van der Waals surface area contributed by atoms with Crippen molar-refractivity contribution >= 4 is 23.6 Å². The molecule has 102 valence electrons. The molecule has 1 amide bonds. The van der Waals surface area contributed by atoms with Crippen LogP contribution in [0.15, 0.2) is 18.2 Å². The minimum Gasteiger partial charge on any atom is -0.479 e. The van der Waals surface area contributed by atoms with Crippen LogP contribution in [-0.4, -0.2) is 34.0 Å². The van der Waals surface area contributed by atoms with Gasteiger partial charge in [-0.2, -0.15) is 11.8 Å². The van der Waals surface area contributed by atoms with Crippen molar-refractivity contribution in [2.75, 3.05) is 11.5 Å². The Morgan fingerprint density at radius 3 is 2.79 bits per heavy atom. The standard InChI is InChI=1S/C13H14FNO3S/c1-8-9(3-2-4-10(8)14)11(16)15-13(12(17)18)5-6-19-7-13/h2-4H,5-7H2,1H3,(H,15,16)(H,17,18). The van der Waals surface area contributed by atoms with Crippen LogP contribution in [0.3, 0.4) is 0 Å². The highest BCUT2D eigenvalue weighted by molar-refractivity contribution is 7.99. The van der Waals surface area contributed by atoms with E-state index in [1.165, 1.54) is 36.9 Å². The number of hydrogen-bond acceptors (Lipinski definition) is 3. The normalized spacial score (nSPS) is 22.2. The summed E-state index contributed by atoms with van der Waals surface area (Å²) in [5.74, 6) is -1.03. The Morgan fingerprint density at radius 1 is 1.47 bits per heavy atom. The van der Waals surface area contributed by atoms with E-state index in [2.05, 4.69) is 5.32 Å². The smallest absolute Gasteiger partial charge is 0.330 e. The van der Waals surface area contributed by atoms with Gasteiger partial charge in [0, 0.05) is 11.3 Å². The quantitative estimate of drug-likeness (QED) is 0.888. The molecular formula is C13H14FNO3S. The number of thioether (sulfide) groups is 1. The summed E-state index contributed by atoms with van der Waals surface area (Å²) in [4.78, 5) is 23.5. The summed E-state index contributed by atoms with van der Waals surface area (Å²) >= 11 is 1.48. The number of rotatable bonds is 3. The van der Waals surface area contributed by atoms with Gasteiger partial charge >= 0.3 is 5.97 Å². The highest BCUT2D eigenvalue weighted by Gasteiger charge is 2.43. The van der Waals surface area contributed by atoms with Crippen molar-refractivity contribution in [2.24, 2.45) is 0 Å². The summed E-state index contributed by atoms with van der Waals surface area (Å²) in [6.07, 6.45) is 0.382. The van der Waals surface area contributed by atoms with Crippen molar-refractivity contribution in [3.8, 4) is 0 Å². The molecule has 1 fully saturated rings. The molecule has 19 heavy (non-hydrogen) atoms. The minimum atomic E-state index is -1.24. The molecule has 1 aliphatic heterocycles. The fourth-order valence-electron chi connectivity index (χ4n) is 2.02. The lowest BCUT2D eigenvalue weighted by molar-refractivity contribution is -0.143. The third kappa shape index (κ3) is 2.58. The minimum absolute atomic E-state index is 0.178. The third-order valence-corrected chi connectivity index (χ3v) is 4.49. The number of carbonyl (C=O) groups is 2. The van der Waals surface area contributed by atoms with Gasteiger partial charge in [0.25, 0.3) is 5.91 Å². The molecule has 2 rings (SSSR count). The first-order valence-electron chi connectivity index (χ1n) is 5.85. The monoisotopic (exact) mass is 283 g/mol. The Kier molecular flexibility index (Phi) is 3.80. The van der Waals surface area contributed by atoms with Crippen LogP contribution in [0.4, 0.5) is 4.39 Å². The van der Waals surface area contributed by atoms with E-state index in [0.717, 1.165) is 0 Å². The SMILES string of the molecule is Cc1c(F)cccc1C(=O)NC1(C(=O)O)CCSC1. The molecule has 2 N–H and O–H groups in total. The first-order chi connectivity index (χ1) is 8.96. The molecular weight excluding hydrogens is 269 g/mol. The number of benzene rings is 1. The zero-order chi connectivity index (χ0) is 14.0. The van der Waals surface area contributed by atoms with E-state index in [0.29, 0.717) is 17.9 Å². The van der Waals surface area contributed by atoms with Crippen LogP contribution in [0.5, 0.6) is 0 Å². The highest BCUT2D eigenvalue weighted by Crippen LogP contribution is 2.29. The van der Waals surface area contributed by atoms with E-state index in [1.807, 2.05) is 0 Å². The lowest BCUT2D eigenvalue weighted by Crippen LogP contribution is -2.54. The summed E-state index contributed by atoms with van der Waals surface area (Å²) in [7, 11) is 0. The van der Waals surface area contributed by atoms with Gasteiger partial charge in [-0.15, -0.1) is 0 Å². The van der Waals surface area contributed by atoms with Crippen LogP contribution in [0.25, 0.3) is 0 Å². The number of nitrogens with one attached hydrogen (secondary N) is 1. The maximum Gasteiger partial charge on any atom is 0.330 e. The van der Waals surface area contributed by atoms with Gasteiger partial charge in [-0.3, -0.25) is 4.79 Å². The summed E-state index contributed by atoms with van der Waals surface area (Å²) < 4.78 is 13.4. The van der Waals surface area contributed by atoms with E-state index >= 15 is 0 Å². The number of amides is 1. The van der Waals surface area contributed by atoms with Crippen molar-refractivity contribution in [2.45, 2.75) is 18.9 Å². The Morgan fingerprint density at radius 2 is 2.21 bits per heavy atom. The van der Waals surface area contributed by atoms with Crippen molar-refractivity contribution < 1.29 is 19.1 Å². The first kappa shape index (κ1) is 13.9. The van der Waals surface area contributed by atoms with Gasteiger partial charge in [0.15, 0.2) is 0 Å². The topological polar surface area (TPSA) is 66.4 Å². The van der Waals surface area contributed by atoms with Crippen LogP contribution in [-0.2, 0) is 4.79 Å². The van der Waals surface area contributed by atoms with Crippen molar-refractivity contribution in [3.63, 3.8) is 0 Å². The average molecular weight is 283 g/mol. The molecule has 1 aromatic rings. The Hall–Kier alpha value is -1.56. The Labute approximate surface area is 114 Å². The van der Waals surface area contributed by atoms with Crippen LogP contribution in [0.2, 0.25) is 0 Å². The molecule has 0 saturated carbocycles. The van der Waals surface area contributed by atoms with Crippen LogP contribution < -0.4 is 5.32 Å². The van der Waals surface area contributed by atoms with Gasteiger partial charge in [0.2, 0.25) is 0 Å². The number of carboxylic acids is 1. The van der Waals surface area contributed by atoms with E-state index in [1.54, 1.807) is 0 Å². The van der Waals surface area contributed by atoms with E-state index in [-0.39, 0.29) is 11.1 Å². The van der Waals surface area contributed by atoms with Gasteiger partial charge in [-0.1, -0.05) is 6.07 Å². The van der Waals surface area contributed by atoms with Crippen LogP contribution in [0.1, 0.15) is 22.3 Å². The predicted molar refractivity (Wildman–Crippen MR) is 70.9 cm³/mol. The van der Waals surface area contributed by atoms with Gasteiger partial charge in [-0.25, -0.2) is 9.18 Å². The van der Waals surface area contributed by atoms with Crippen molar-refractivity contribution in [1.29, 1.82) is 0 Å². The van der Waals surface area contributed by atoms with Gasteiger partial charge in [0.1, 0.15) is 11.4 Å². The maximum absolute atomic E-state index is 13.4. The summed E-state index contributed by atoms with van der Waals surface area (Å²) in [6.45, 7) is 1.50. The molecule has 1 aromatic carbocycles. The third-order valence-electron chi connectivity index (χ3n) is 3.30. The molecule has 1 unspecified atom stereocenters. The Bertz CT molecular complexity index is 527. The molecule has 0 aromatic heterocycles. The van der Waals surface area contributed by atoms with E-state index in [9.17, 15) is 19.1 Å². The second kappa shape index (κ2) is 5.21. The zero-order valence-electron chi connectivity index (χ0n) is 10.4. The zero-order valence-corrected chi connectivity index (χ0v) is 11.2. The van der Waals surface area contributed by atoms with E-state index < -0.39 is 23.2 Å². The molecule has 6 heteroatoms. The van der Waals surface area contributed by atoms with Gasteiger partial charge < -0.3 is 10.4 Å². The second-order valence-electron chi connectivity index (χ2n) is 4.56. The van der Waals surface area contributed by atoms with Crippen LogP contribution in [0, 0.1) is 12.7 Å². The second-order valence-corrected chi connectivity index (χ2v) is 5.66. The largest absolute Gasteiger partial charge is 0.479 e.